The number of pyridine rings is 1. The first-order valence-electron chi connectivity index (χ1n) is 10.7. The second kappa shape index (κ2) is 11.2. The molecule has 1 aromatic heterocycles. The van der Waals surface area contributed by atoms with Gasteiger partial charge < -0.3 is 10.2 Å². The number of halogens is 6. The molecule has 0 bridgehead atoms. The van der Waals surface area contributed by atoms with Gasteiger partial charge in [0, 0.05) is 18.2 Å². The van der Waals surface area contributed by atoms with Crippen molar-refractivity contribution in [2.75, 3.05) is 0 Å². The Morgan fingerprint density at radius 1 is 1.16 bits per heavy atom. The molecule has 200 valence electrons. The summed E-state index contributed by atoms with van der Waals surface area (Å²) in [7, 11) is 0. The molecule has 2 heterocycles. The van der Waals surface area contributed by atoms with Gasteiger partial charge in [-0.05, 0) is 35.6 Å². The summed E-state index contributed by atoms with van der Waals surface area (Å²) in [6.45, 7) is 5.99. The maximum atomic E-state index is 15.1. The number of carboxylic acids is 2. The zero-order chi connectivity index (χ0) is 28.3. The second-order valence-electron chi connectivity index (χ2n) is 9.57. The first-order chi connectivity index (χ1) is 17.0. The summed E-state index contributed by atoms with van der Waals surface area (Å²) in [5.41, 5.74) is -1.29. The van der Waals surface area contributed by atoms with Crippen LogP contribution < -0.4 is 5.32 Å². The number of benzene rings is 1. The SMILES string of the molecule is CC(C)(C)C[C@@H]1N[C@@H](C(=O)O)[C@H](c2cccc(Cl)c2F)[C@@]1(C#N)c1ccc(Cl)cn1.O=C(O)C(F)(F)F. The van der Waals surface area contributed by atoms with E-state index in [0.29, 0.717) is 17.1 Å². The summed E-state index contributed by atoms with van der Waals surface area (Å²) >= 11 is 12.0. The van der Waals surface area contributed by atoms with E-state index in [4.69, 9.17) is 33.1 Å². The molecule has 2 aromatic rings. The van der Waals surface area contributed by atoms with Gasteiger partial charge in [-0.25, -0.2) is 9.18 Å². The molecule has 1 aliphatic rings. The standard InChI is InChI=1S/C22H22Cl2FN3O2.C2HF3O2/c1-21(2,3)9-16-22(11-26,15-8-7-12(23)10-27-15)17(19(28-16)20(29)30)13-5-4-6-14(24)18(13)25;3-2(4,5)1(6)7/h4-8,10,16-17,19,28H,9H2,1-3H3,(H,29,30);(H,6,7)/t16-,17-,19+,22-;/m0./s1. The molecule has 3 rings (SSSR count). The fraction of sp³-hybridized carbons (Fsp3) is 0.417. The van der Waals surface area contributed by atoms with Crippen LogP contribution in [-0.2, 0) is 15.0 Å². The van der Waals surface area contributed by atoms with Gasteiger partial charge in [0.2, 0.25) is 0 Å². The lowest BCUT2D eigenvalue weighted by Crippen LogP contribution is -2.44. The van der Waals surface area contributed by atoms with E-state index in [0.717, 1.165) is 0 Å². The van der Waals surface area contributed by atoms with Crippen LogP contribution in [0.2, 0.25) is 10.0 Å². The molecule has 37 heavy (non-hydrogen) atoms. The number of nitrogens with zero attached hydrogens (tertiary/aromatic N) is 2. The first-order valence-corrected chi connectivity index (χ1v) is 11.5. The molecule has 1 fully saturated rings. The first kappa shape index (κ1) is 30.3. The zero-order valence-electron chi connectivity index (χ0n) is 19.8. The maximum absolute atomic E-state index is 15.1. The van der Waals surface area contributed by atoms with Crippen molar-refractivity contribution in [2.24, 2.45) is 5.41 Å². The van der Waals surface area contributed by atoms with E-state index in [1.54, 1.807) is 18.2 Å². The average Bonchev–Trinajstić information content (AvgIpc) is 3.09. The Morgan fingerprint density at radius 3 is 2.19 bits per heavy atom. The van der Waals surface area contributed by atoms with Crippen LogP contribution in [0.4, 0.5) is 17.6 Å². The van der Waals surface area contributed by atoms with Gasteiger partial charge >= 0.3 is 18.1 Å². The van der Waals surface area contributed by atoms with Gasteiger partial charge in [-0.15, -0.1) is 0 Å². The highest BCUT2D eigenvalue weighted by atomic mass is 35.5. The van der Waals surface area contributed by atoms with Gasteiger partial charge in [-0.2, -0.15) is 18.4 Å². The number of hydrogen-bond donors (Lipinski definition) is 3. The van der Waals surface area contributed by atoms with Crippen molar-refractivity contribution >= 4 is 35.1 Å². The number of alkyl halides is 3. The predicted octanol–water partition coefficient (Wildman–Crippen LogP) is 5.57. The smallest absolute Gasteiger partial charge is 0.480 e. The Labute approximate surface area is 220 Å². The molecular formula is C24H23Cl2F4N3O4. The van der Waals surface area contributed by atoms with E-state index in [1.807, 2.05) is 20.8 Å². The van der Waals surface area contributed by atoms with Crippen molar-refractivity contribution in [3.63, 3.8) is 0 Å². The van der Waals surface area contributed by atoms with Crippen molar-refractivity contribution in [3.05, 3.63) is 63.6 Å². The van der Waals surface area contributed by atoms with Crippen LogP contribution >= 0.6 is 23.2 Å². The number of nitrogens with one attached hydrogen (secondary N) is 1. The number of rotatable bonds is 4. The van der Waals surface area contributed by atoms with Crippen molar-refractivity contribution in [1.29, 1.82) is 5.26 Å². The van der Waals surface area contributed by atoms with Crippen LogP contribution in [0.15, 0.2) is 36.5 Å². The van der Waals surface area contributed by atoms with Crippen molar-refractivity contribution in [2.45, 2.75) is 56.8 Å². The zero-order valence-corrected chi connectivity index (χ0v) is 21.3. The molecule has 0 saturated carbocycles. The molecular weight excluding hydrogens is 541 g/mol. The summed E-state index contributed by atoms with van der Waals surface area (Å²) in [5, 5.41) is 30.9. The van der Waals surface area contributed by atoms with Crippen molar-refractivity contribution in [3.8, 4) is 6.07 Å². The molecule has 0 spiro atoms. The second-order valence-corrected chi connectivity index (χ2v) is 10.4. The van der Waals surface area contributed by atoms with Gasteiger partial charge in [0.15, 0.2) is 0 Å². The van der Waals surface area contributed by atoms with Crippen LogP contribution in [0.25, 0.3) is 0 Å². The van der Waals surface area contributed by atoms with E-state index >= 15 is 4.39 Å². The minimum Gasteiger partial charge on any atom is -0.480 e. The number of aromatic nitrogens is 1. The predicted molar refractivity (Wildman–Crippen MR) is 127 cm³/mol. The third-order valence-electron chi connectivity index (χ3n) is 5.73. The summed E-state index contributed by atoms with van der Waals surface area (Å²) in [4.78, 5) is 25.5. The molecule has 1 saturated heterocycles. The van der Waals surface area contributed by atoms with Crippen molar-refractivity contribution < 1.29 is 37.4 Å². The highest BCUT2D eigenvalue weighted by Crippen LogP contribution is 2.51. The van der Waals surface area contributed by atoms with Gasteiger partial charge in [0.05, 0.1) is 21.8 Å². The van der Waals surface area contributed by atoms with Crippen LogP contribution in [0, 0.1) is 22.6 Å². The quantitative estimate of drug-likeness (QED) is 0.415. The topological polar surface area (TPSA) is 123 Å². The maximum Gasteiger partial charge on any atom is 0.490 e. The molecule has 3 N–H and O–H groups in total. The number of carbonyl (C=O) groups is 2. The van der Waals surface area contributed by atoms with E-state index < -0.39 is 47.3 Å². The molecule has 0 unspecified atom stereocenters. The number of hydrogen-bond acceptors (Lipinski definition) is 5. The lowest BCUT2D eigenvalue weighted by molar-refractivity contribution is -0.192. The average molecular weight is 564 g/mol. The largest absolute Gasteiger partial charge is 0.490 e. The minimum atomic E-state index is -5.08. The lowest BCUT2D eigenvalue weighted by Gasteiger charge is -2.36. The molecule has 4 atom stereocenters. The summed E-state index contributed by atoms with van der Waals surface area (Å²) in [5.74, 6) is -5.72. The fourth-order valence-corrected chi connectivity index (χ4v) is 4.61. The van der Waals surface area contributed by atoms with Crippen molar-refractivity contribution in [1.82, 2.24) is 10.3 Å². The fourth-order valence-electron chi connectivity index (χ4n) is 4.32. The van der Waals surface area contributed by atoms with Crippen LogP contribution in [0.3, 0.4) is 0 Å². The molecule has 7 nitrogen and oxygen atoms in total. The summed E-state index contributed by atoms with van der Waals surface area (Å²) in [6.07, 6.45) is -3.21. The highest BCUT2D eigenvalue weighted by molar-refractivity contribution is 6.31. The Bertz CT molecular complexity index is 1200. The lowest BCUT2D eigenvalue weighted by atomic mass is 9.64. The van der Waals surface area contributed by atoms with Crippen LogP contribution in [-0.4, -0.2) is 45.4 Å². The molecule has 13 heteroatoms. The normalized spacial score (nSPS) is 23.5. The van der Waals surface area contributed by atoms with Gasteiger partial charge in [0.25, 0.3) is 0 Å². The summed E-state index contributed by atoms with van der Waals surface area (Å²) in [6, 6.07) is 8.13. The van der Waals surface area contributed by atoms with E-state index in [9.17, 15) is 28.3 Å². The van der Waals surface area contributed by atoms with E-state index in [-0.39, 0.29) is 16.0 Å². The number of carboxylic acid groups (broad SMARTS) is 2. The minimum absolute atomic E-state index is 0.0668. The molecule has 1 aliphatic heterocycles. The molecule has 0 radical (unpaired) electrons. The third kappa shape index (κ3) is 6.69. The number of nitriles is 1. The van der Waals surface area contributed by atoms with E-state index in [2.05, 4.69) is 16.4 Å². The van der Waals surface area contributed by atoms with Crippen LogP contribution in [0.5, 0.6) is 0 Å². The number of aliphatic carboxylic acids is 2. The van der Waals surface area contributed by atoms with Crippen LogP contribution in [0.1, 0.15) is 44.4 Å². The Kier molecular flexibility index (Phi) is 9.17. The Morgan fingerprint density at radius 2 is 1.76 bits per heavy atom. The summed E-state index contributed by atoms with van der Waals surface area (Å²) < 4.78 is 46.8. The Balaban J connectivity index is 0.000000604. The molecule has 0 amide bonds. The Hall–Kier alpha value is -2.94. The molecule has 1 aromatic carbocycles. The molecule has 0 aliphatic carbocycles. The van der Waals surface area contributed by atoms with Gasteiger partial charge in [-0.1, -0.05) is 56.1 Å². The van der Waals surface area contributed by atoms with E-state index in [1.165, 1.54) is 18.3 Å². The third-order valence-corrected chi connectivity index (χ3v) is 6.25. The van der Waals surface area contributed by atoms with Gasteiger partial charge in [-0.3, -0.25) is 15.1 Å². The van der Waals surface area contributed by atoms with Gasteiger partial charge in [0.1, 0.15) is 17.3 Å². The highest BCUT2D eigenvalue weighted by Gasteiger charge is 2.61. The monoisotopic (exact) mass is 563 g/mol.